The van der Waals surface area contributed by atoms with E-state index in [1.54, 1.807) is 4.57 Å². The number of likely N-dealkylation sites (N-methyl/N-ethyl adjacent to an activating group) is 1. The Labute approximate surface area is 126 Å². The molecular weight excluding hydrogens is 262 g/mol. The lowest BCUT2D eigenvalue weighted by molar-refractivity contribution is 0.0862. The summed E-state index contributed by atoms with van der Waals surface area (Å²) in [6.45, 7) is 4.90. The molecule has 0 amide bonds. The van der Waals surface area contributed by atoms with Crippen molar-refractivity contribution in [3.8, 4) is 0 Å². The molecule has 0 bridgehead atoms. The fourth-order valence-electron chi connectivity index (χ4n) is 2.42. The van der Waals surface area contributed by atoms with E-state index >= 15 is 0 Å². The standard InChI is InChI=1S/C17H25N3O/c1-12(2)16(18)17(21)20-11-13(9-10-19(3)4)14-7-5-6-8-15(14)20/h5-8,11-12,16H,9-10,18H2,1-4H3/t16-/m0/s1. The molecule has 2 N–H and O–H groups in total. The summed E-state index contributed by atoms with van der Waals surface area (Å²) in [6.07, 6.45) is 2.88. The lowest BCUT2D eigenvalue weighted by atomic mass is 10.1. The Bertz CT molecular complexity index is 628. The number of benzene rings is 1. The maximum absolute atomic E-state index is 12.6. The van der Waals surface area contributed by atoms with Crippen LogP contribution in [0.4, 0.5) is 0 Å². The Balaban J connectivity index is 2.42. The highest BCUT2D eigenvalue weighted by atomic mass is 16.2. The van der Waals surface area contributed by atoms with E-state index in [-0.39, 0.29) is 11.8 Å². The van der Waals surface area contributed by atoms with Gasteiger partial charge in [0.25, 0.3) is 0 Å². The molecule has 1 heterocycles. The third-order valence-electron chi connectivity index (χ3n) is 3.86. The van der Waals surface area contributed by atoms with E-state index in [0.717, 1.165) is 23.9 Å². The van der Waals surface area contributed by atoms with Crippen molar-refractivity contribution in [2.75, 3.05) is 20.6 Å². The van der Waals surface area contributed by atoms with Crippen molar-refractivity contribution in [3.05, 3.63) is 36.0 Å². The van der Waals surface area contributed by atoms with Gasteiger partial charge in [-0.15, -0.1) is 0 Å². The van der Waals surface area contributed by atoms with Crippen LogP contribution in [0.1, 0.15) is 24.2 Å². The van der Waals surface area contributed by atoms with Gasteiger partial charge in [0.15, 0.2) is 0 Å². The van der Waals surface area contributed by atoms with Crippen LogP contribution in [0.5, 0.6) is 0 Å². The smallest absolute Gasteiger partial charge is 0.248 e. The minimum absolute atomic E-state index is 0.0303. The summed E-state index contributed by atoms with van der Waals surface area (Å²) >= 11 is 0. The Hall–Kier alpha value is -1.65. The zero-order valence-electron chi connectivity index (χ0n) is 13.3. The molecule has 0 saturated carbocycles. The van der Waals surface area contributed by atoms with E-state index in [9.17, 15) is 4.79 Å². The zero-order valence-corrected chi connectivity index (χ0v) is 13.3. The summed E-state index contributed by atoms with van der Waals surface area (Å²) in [7, 11) is 4.11. The number of hydrogen-bond donors (Lipinski definition) is 1. The average Bonchev–Trinajstić information content (AvgIpc) is 2.82. The highest BCUT2D eigenvalue weighted by Crippen LogP contribution is 2.22. The molecule has 0 aliphatic carbocycles. The molecule has 1 aromatic heterocycles. The van der Waals surface area contributed by atoms with E-state index in [1.807, 2.05) is 38.2 Å². The lowest BCUT2D eigenvalue weighted by Gasteiger charge is -2.15. The molecular formula is C17H25N3O. The third kappa shape index (κ3) is 3.34. The summed E-state index contributed by atoms with van der Waals surface area (Å²) in [5, 5.41) is 1.14. The summed E-state index contributed by atoms with van der Waals surface area (Å²) in [5.41, 5.74) is 8.18. The molecule has 0 saturated heterocycles. The van der Waals surface area contributed by atoms with E-state index in [1.165, 1.54) is 5.56 Å². The normalized spacial score (nSPS) is 13.3. The molecule has 2 rings (SSSR count). The monoisotopic (exact) mass is 287 g/mol. The Morgan fingerprint density at radius 3 is 2.57 bits per heavy atom. The summed E-state index contributed by atoms with van der Waals surface area (Å²) < 4.78 is 1.73. The number of carbonyl (C=O) groups excluding carboxylic acids is 1. The van der Waals surface area contributed by atoms with Crippen LogP contribution in [0, 0.1) is 5.92 Å². The molecule has 2 aromatic rings. The molecule has 1 atom stereocenters. The van der Waals surface area contributed by atoms with Gasteiger partial charge in [-0.25, -0.2) is 0 Å². The molecule has 4 heteroatoms. The molecule has 0 unspecified atom stereocenters. The van der Waals surface area contributed by atoms with Gasteiger partial charge >= 0.3 is 0 Å². The van der Waals surface area contributed by atoms with Gasteiger partial charge in [0.2, 0.25) is 5.91 Å². The SMILES string of the molecule is CC(C)[C@H](N)C(=O)n1cc(CCN(C)C)c2ccccc21. The average molecular weight is 287 g/mol. The number of aromatic nitrogens is 1. The largest absolute Gasteiger partial charge is 0.320 e. The van der Waals surface area contributed by atoms with Crippen molar-refractivity contribution in [1.82, 2.24) is 9.47 Å². The quantitative estimate of drug-likeness (QED) is 0.918. The van der Waals surface area contributed by atoms with E-state index in [0.29, 0.717) is 0 Å². The predicted molar refractivity (Wildman–Crippen MR) is 87.6 cm³/mol. The number of nitrogens with zero attached hydrogens (tertiary/aromatic N) is 2. The van der Waals surface area contributed by atoms with Gasteiger partial charge in [-0.1, -0.05) is 32.0 Å². The molecule has 0 radical (unpaired) electrons. The number of nitrogens with two attached hydrogens (primary N) is 1. The Kier molecular flexibility index (Phi) is 4.80. The van der Waals surface area contributed by atoms with Gasteiger partial charge in [0.05, 0.1) is 11.6 Å². The number of rotatable bonds is 5. The van der Waals surface area contributed by atoms with Crippen molar-refractivity contribution < 1.29 is 4.79 Å². The highest BCUT2D eigenvalue weighted by molar-refractivity contribution is 5.96. The fraction of sp³-hybridized carbons (Fsp3) is 0.471. The number of fused-ring (bicyclic) bond motifs is 1. The molecule has 114 valence electrons. The summed E-state index contributed by atoms with van der Waals surface area (Å²) in [5.74, 6) is 0.0983. The van der Waals surface area contributed by atoms with Gasteiger partial charge in [0, 0.05) is 18.1 Å². The van der Waals surface area contributed by atoms with Crippen molar-refractivity contribution in [1.29, 1.82) is 0 Å². The van der Waals surface area contributed by atoms with Gasteiger partial charge in [0.1, 0.15) is 0 Å². The second-order valence-corrected chi connectivity index (χ2v) is 6.20. The molecule has 0 spiro atoms. The van der Waals surface area contributed by atoms with Crippen molar-refractivity contribution in [3.63, 3.8) is 0 Å². The van der Waals surface area contributed by atoms with Crippen LogP contribution in [0.2, 0.25) is 0 Å². The Morgan fingerprint density at radius 2 is 1.95 bits per heavy atom. The molecule has 21 heavy (non-hydrogen) atoms. The first-order valence-corrected chi connectivity index (χ1v) is 7.45. The minimum atomic E-state index is -0.470. The second kappa shape index (κ2) is 6.41. The van der Waals surface area contributed by atoms with Gasteiger partial charge < -0.3 is 10.6 Å². The maximum Gasteiger partial charge on any atom is 0.248 e. The van der Waals surface area contributed by atoms with Gasteiger partial charge in [-0.05, 0) is 38.1 Å². The highest BCUT2D eigenvalue weighted by Gasteiger charge is 2.21. The lowest BCUT2D eigenvalue weighted by Crippen LogP contribution is -2.38. The van der Waals surface area contributed by atoms with Crippen molar-refractivity contribution in [2.24, 2.45) is 11.7 Å². The van der Waals surface area contributed by atoms with E-state index in [2.05, 4.69) is 25.1 Å². The minimum Gasteiger partial charge on any atom is -0.320 e. The van der Waals surface area contributed by atoms with Crippen LogP contribution < -0.4 is 5.73 Å². The van der Waals surface area contributed by atoms with Crippen molar-refractivity contribution >= 4 is 16.8 Å². The van der Waals surface area contributed by atoms with Crippen molar-refractivity contribution in [2.45, 2.75) is 26.3 Å². The molecule has 0 aliphatic heterocycles. The molecule has 0 aliphatic rings. The first kappa shape index (κ1) is 15.7. The fourth-order valence-corrected chi connectivity index (χ4v) is 2.42. The van der Waals surface area contributed by atoms with E-state index in [4.69, 9.17) is 5.73 Å². The summed E-state index contributed by atoms with van der Waals surface area (Å²) in [4.78, 5) is 14.7. The van der Waals surface area contributed by atoms with Crippen LogP contribution in [0.25, 0.3) is 10.9 Å². The van der Waals surface area contributed by atoms with Crippen LogP contribution in [-0.4, -0.2) is 42.1 Å². The Morgan fingerprint density at radius 1 is 1.29 bits per heavy atom. The molecule has 1 aromatic carbocycles. The zero-order chi connectivity index (χ0) is 15.6. The van der Waals surface area contributed by atoms with Crippen LogP contribution >= 0.6 is 0 Å². The third-order valence-corrected chi connectivity index (χ3v) is 3.86. The van der Waals surface area contributed by atoms with Crippen LogP contribution in [0.15, 0.2) is 30.5 Å². The van der Waals surface area contributed by atoms with Gasteiger partial charge in [-0.3, -0.25) is 9.36 Å². The number of carbonyl (C=O) groups is 1. The van der Waals surface area contributed by atoms with E-state index < -0.39 is 6.04 Å². The summed E-state index contributed by atoms with van der Waals surface area (Å²) in [6, 6.07) is 7.56. The molecule has 4 nitrogen and oxygen atoms in total. The number of hydrogen-bond acceptors (Lipinski definition) is 3. The molecule has 0 fully saturated rings. The maximum atomic E-state index is 12.6. The van der Waals surface area contributed by atoms with Crippen LogP contribution in [-0.2, 0) is 6.42 Å². The number of para-hydroxylation sites is 1. The topological polar surface area (TPSA) is 51.3 Å². The first-order valence-electron chi connectivity index (χ1n) is 7.45. The first-order chi connectivity index (χ1) is 9.91. The van der Waals surface area contributed by atoms with Crippen LogP contribution in [0.3, 0.4) is 0 Å². The van der Waals surface area contributed by atoms with Gasteiger partial charge in [-0.2, -0.15) is 0 Å². The predicted octanol–water partition coefficient (Wildman–Crippen LogP) is 2.37. The second-order valence-electron chi connectivity index (χ2n) is 6.20.